The highest BCUT2D eigenvalue weighted by atomic mass is 127. The van der Waals surface area contributed by atoms with Crippen molar-refractivity contribution in [3.63, 3.8) is 0 Å². The molecule has 0 saturated heterocycles. The molecule has 0 spiro atoms. The lowest BCUT2D eigenvalue weighted by Crippen LogP contribution is -2.39. The molecule has 5 N–H and O–H groups in total. The minimum atomic E-state index is -0.426. The maximum absolute atomic E-state index is 11.1. The van der Waals surface area contributed by atoms with Gasteiger partial charge in [-0.15, -0.1) is 24.0 Å². The lowest BCUT2D eigenvalue weighted by atomic mass is 10.1. The van der Waals surface area contributed by atoms with E-state index in [1.54, 1.807) is 18.2 Å². The van der Waals surface area contributed by atoms with Crippen molar-refractivity contribution in [3.05, 3.63) is 35.4 Å². The van der Waals surface area contributed by atoms with Crippen molar-refractivity contribution in [3.8, 4) is 0 Å². The third-order valence-electron chi connectivity index (χ3n) is 3.85. The Hall–Kier alpha value is -1.31. The van der Waals surface area contributed by atoms with E-state index < -0.39 is 5.91 Å². The molecule has 0 heterocycles. The number of primary amides is 1. The summed E-state index contributed by atoms with van der Waals surface area (Å²) in [6.07, 6.45) is 7.46. The van der Waals surface area contributed by atoms with E-state index in [1.165, 1.54) is 25.7 Å². The first-order chi connectivity index (χ1) is 10.1. The monoisotopic (exact) mass is 416 g/mol. The Morgan fingerprint density at radius 2 is 1.86 bits per heavy atom. The van der Waals surface area contributed by atoms with Crippen LogP contribution in [0.2, 0.25) is 0 Å². The highest BCUT2D eigenvalue weighted by Gasteiger charge is 2.12. The lowest BCUT2D eigenvalue weighted by Gasteiger charge is -2.16. The van der Waals surface area contributed by atoms with Crippen molar-refractivity contribution in [2.24, 2.45) is 16.5 Å². The number of rotatable bonds is 4. The SMILES string of the molecule is I.NC(=O)c1cccc(CN=C(N)NC2CCCCCC2)c1. The quantitative estimate of drug-likeness (QED) is 0.305. The summed E-state index contributed by atoms with van der Waals surface area (Å²) in [6, 6.07) is 7.61. The topological polar surface area (TPSA) is 93.5 Å². The van der Waals surface area contributed by atoms with Gasteiger partial charge in [-0.05, 0) is 30.5 Å². The first kappa shape index (κ1) is 18.7. The van der Waals surface area contributed by atoms with Gasteiger partial charge in [0.05, 0.1) is 6.54 Å². The summed E-state index contributed by atoms with van der Waals surface area (Å²) in [5.41, 5.74) is 12.6. The van der Waals surface area contributed by atoms with Crippen molar-refractivity contribution in [1.82, 2.24) is 5.32 Å². The van der Waals surface area contributed by atoms with Crippen LogP contribution < -0.4 is 16.8 Å². The maximum Gasteiger partial charge on any atom is 0.248 e. The van der Waals surface area contributed by atoms with Crippen LogP contribution in [0.5, 0.6) is 0 Å². The van der Waals surface area contributed by atoms with Crippen molar-refractivity contribution in [2.45, 2.75) is 51.1 Å². The van der Waals surface area contributed by atoms with E-state index in [4.69, 9.17) is 11.5 Å². The van der Waals surface area contributed by atoms with E-state index in [9.17, 15) is 4.79 Å². The molecular formula is C16H25IN4O. The molecule has 0 aliphatic heterocycles. The number of nitrogens with zero attached hydrogens (tertiary/aromatic N) is 1. The number of benzene rings is 1. The first-order valence-corrected chi connectivity index (χ1v) is 7.60. The van der Waals surface area contributed by atoms with Crippen molar-refractivity contribution in [2.75, 3.05) is 0 Å². The summed E-state index contributed by atoms with van der Waals surface area (Å²) in [5, 5.41) is 3.30. The molecule has 1 saturated carbocycles. The maximum atomic E-state index is 11.1. The van der Waals surface area contributed by atoms with Crippen molar-refractivity contribution in [1.29, 1.82) is 0 Å². The summed E-state index contributed by atoms with van der Waals surface area (Å²) < 4.78 is 0. The zero-order valence-corrected chi connectivity index (χ0v) is 15.1. The van der Waals surface area contributed by atoms with Gasteiger partial charge < -0.3 is 16.8 Å². The van der Waals surface area contributed by atoms with E-state index >= 15 is 0 Å². The zero-order valence-electron chi connectivity index (χ0n) is 12.8. The van der Waals surface area contributed by atoms with Gasteiger partial charge >= 0.3 is 0 Å². The van der Waals surface area contributed by atoms with Gasteiger partial charge in [0.2, 0.25) is 5.91 Å². The second kappa shape index (κ2) is 9.66. The molecule has 1 aromatic rings. The highest BCUT2D eigenvalue weighted by molar-refractivity contribution is 14.0. The summed E-state index contributed by atoms with van der Waals surface area (Å²) >= 11 is 0. The fourth-order valence-electron chi connectivity index (χ4n) is 2.68. The Kier molecular flexibility index (Phi) is 8.22. The average molecular weight is 416 g/mol. The van der Waals surface area contributed by atoms with Gasteiger partial charge in [0.25, 0.3) is 0 Å². The Labute approximate surface area is 149 Å². The largest absolute Gasteiger partial charge is 0.370 e. The molecule has 1 amide bonds. The molecule has 22 heavy (non-hydrogen) atoms. The van der Waals surface area contributed by atoms with Gasteiger partial charge in [-0.25, -0.2) is 4.99 Å². The number of carbonyl (C=O) groups excluding carboxylic acids is 1. The molecule has 122 valence electrons. The number of hydrogen-bond acceptors (Lipinski definition) is 2. The molecule has 1 aliphatic carbocycles. The first-order valence-electron chi connectivity index (χ1n) is 7.60. The summed E-state index contributed by atoms with van der Waals surface area (Å²) in [7, 11) is 0. The fraction of sp³-hybridized carbons (Fsp3) is 0.500. The second-order valence-corrected chi connectivity index (χ2v) is 5.60. The molecule has 0 aromatic heterocycles. The summed E-state index contributed by atoms with van der Waals surface area (Å²) in [5.74, 6) is 0.0526. The van der Waals surface area contributed by atoms with Gasteiger partial charge in [0.1, 0.15) is 0 Å². The number of halogens is 1. The van der Waals surface area contributed by atoms with Crippen LogP contribution >= 0.6 is 24.0 Å². The molecular weight excluding hydrogens is 391 g/mol. The van der Waals surface area contributed by atoms with Gasteiger partial charge in [0, 0.05) is 11.6 Å². The fourth-order valence-corrected chi connectivity index (χ4v) is 2.68. The Morgan fingerprint density at radius 1 is 1.18 bits per heavy atom. The predicted molar refractivity (Wildman–Crippen MR) is 100 cm³/mol. The highest BCUT2D eigenvalue weighted by Crippen LogP contribution is 2.17. The smallest absolute Gasteiger partial charge is 0.248 e. The van der Waals surface area contributed by atoms with E-state index in [2.05, 4.69) is 10.3 Å². The van der Waals surface area contributed by atoms with Crippen molar-refractivity contribution < 1.29 is 4.79 Å². The van der Waals surface area contributed by atoms with Crippen molar-refractivity contribution >= 4 is 35.8 Å². The minimum Gasteiger partial charge on any atom is -0.370 e. The van der Waals surface area contributed by atoms with Crippen LogP contribution in [0.4, 0.5) is 0 Å². The van der Waals surface area contributed by atoms with E-state index in [-0.39, 0.29) is 24.0 Å². The molecule has 1 fully saturated rings. The molecule has 2 rings (SSSR count). The van der Waals surface area contributed by atoms with Crippen LogP contribution in [0.25, 0.3) is 0 Å². The Bertz CT molecular complexity index is 511. The third kappa shape index (κ3) is 6.21. The number of amides is 1. The number of guanidine groups is 1. The second-order valence-electron chi connectivity index (χ2n) is 5.60. The number of aliphatic imine (C=N–C) groups is 1. The molecule has 1 aliphatic rings. The molecule has 1 aromatic carbocycles. The molecule has 0 atom stereocenters. The number of carbonyl (C=O) groups is 1. The zero-order chi connectivity index (χ0) is 15.1. The molecule has 0 bridgehead atoms. The van der Waals surface area contributed by atoms with Crippen LogP contribution in [0.3, 0.4) is 0 Å². The molecule has 0 radical (unpaired) electrons. The van der Waals surface area contributed by atoms with Crippen LogP contribution in [0.1, 0.15) is 54.4 Å². The van der Waals surface area contributed by atoms with Gasteiger partial charge in [-0.1, -0.05) is 37.8 Å². The Morgan fingerprint density at radius 3 is 2.50 bits per heavy atom. The predicted octanol–water partition coefficient (Wildman–Crippen LogP) is 2.53. The number of nitrogens with two attached hydrogens (primary N) is 2. The van der Waals surface area contributed by atoms with E-state index in [0.717, 1.165) is 18.4 Å². The number of nitrogens with one attached hydrogen (secondary N) is 1. The van der Waals surface area contributed by atoms with Crippen LogP contribution in [-0.4, -0.2) is 17.9 Å². The van der Waals surface area contributed by atoms with Gasteiger partial charge in [-0.2, -0.15) is 0 Å². The van der Waals surface area contributed by atoms with Gasteiger partial charge in [0.15, 0.2) is 5.96 Å². The van der Waals surface area contributed by atoms with E-state index in [0.29, 0.717) is 24.1 Å². The standard InChI is InChI=1S/C16H24N4O.HI/c17-15(21)13-7-5-6-12(10-13)11-19-16(18)20-14-8-3-1-2-4-9-14;/h5-7,10,14H,1-4,8-9,11H2,(H2,17,21)(H3,18,19,20);1H. The average Bonchev–Trinajstić information content (AvgIpc) is 2.74. The number of hydrogen-bond donors (Lipinski definition) is 3. The normalized spacial score (nSPS) is 16.5. The van der Waals surface area contributed by atoms with Crippen LogP contribution in [0.15, 0.2) is 29.3 Å². The van der Waals surface area contributed by atoms with Crippen LogP contribution in [-0.2, 0) is 6.54 Å². The van der Waals surface area contributed by atoms with E-state index in [1.807, 2.05) is 6.07 Å². The minimum absolute atomic E-state index is 0. The molecule has 5 nitrogen and oxygen atoms in total. The molecule has 0 unspecified atom stereocenters. The summed E-state index contributed by atoms with van der Waals surface area (Å²) in [6.45, 7) is 0.451. The van der Waals surface area contributed by atoms with Crippen LogP contribution in [0, 0.1) is 0 Å². The Balaban J connectivity index is 0.00000242. The lowest BCUT2D eigenvalue weighted by molar-refractivity contribution is 0.1000. The third-order valence-corrected chi connectivity index (χ3v) is 3.85. The molecule has 6 heteroatoms. The van der Waals surface area contributed by atoms with Gasteiger partial charge in [-0.3, -0.25) is 4.79 Å². The summed E-state index contributed by atoms with van der Waals surface area (Å²) in [4.78, 5) is 15.5.